The van der Waals surface area contributed by atoms with E-state index in [0.717, 1.165) is 32.4 Å². The summed E-state index contributed by atoms with van der Waals surface area (Å²) in [5.74, 6) is 0.312. The molecule has 3 heteroatoms. The van der Waals surface area contributed by atoms with Crippen molar-refractivity contribution in [3.8, 4) is 0 Å². The number of nitrogens with zero attached hydrogens (tertiary/aromatic N) is 1. The second-order valence-electron chi connectivity index (χ2n) is 9.11. The Balaban J connectivity index is 1.53. The number of piperidine rings is 1. The molecule has 3 aromatic rings. The molecule has 3 aromatic carbocycles. The number of nitrogens with one attached hydrogen (secondary N) is 1. The van der Waals surface area contributed by atoms with Gasteiger partial charge in [0.15, 0.2) is 0 Å². The Morgan fingerprint density at radius 1 is 0.806 bits per heavy atom. The van der Waals surface area contributed by atoms with Crippen LogP contribution in [0.5, 0.6) is 0 Å². The number of hydrogen-bond donors (Lipinski definition) is 2. The molecule has 2 heterocycles. The molecule has 0 saturated carbocycles. The van der Waals surface area contributed by atoms with Crippen LogP contribution in [-0.4, -0.2) is 28.7 Å². The van der Waals surface area contributed by atoms with Gasteiger partial charge in [-0.15, -0.1) is 0 Å². The molecule has 2 N–H and O–H groups in total. The van der Waals surface area contributed by atoms with Gasteiger partial charge in [-0.2, -0.15) is 0 Å². The number of rotatable bonds is 7. The number of hydrogen-bond acceptors (Lipinski definition) is 3. The Kier molecular flexibility index (Phi) is 5.91. The Bertz CT molecular complexity index is 962. The van der Waals surface area contributed by atoms with E-state index in [1.165, 1.54) is 16.7 Å². The molecule has 0 spiro atoms. The van der Waals surface area contributed by atoms with Crippen LogP contribution >= 0.6 is 0 Å². The third kappa shape index (κ3) is 3.82. The van der Waals surface area contributed by atoms with Crippen molar-refractivity contribution < 1.29 is 5.11 Å². The summed E-state index contributed by atoms with van der Waals surface area (Å²) in [7, 11) is 0. The quantitative estimate of drug-likeness (QED) is 0.590. The first kappa shape index (κ1) is 20.4. The zero-order valence-corrected chi connectivity index (χ0v) is 18.0. The highest BCUT2D eigenvalue weighted by Gasteiger charge is 2.58. The first-order valence-electron chi connectivity index (χ1n) is 11.6. The zero-order chi connectivity index (χ0) is 21.1. The summed E-state index contributed by atoms with van der Waals surface area (Å²) < 4.78 is 0. The topological polar surface area (TPSA) is 35.5 Å². The fraction of sp³-hybridized carbons (Fsp3) is 0.357. The van der Waals surface area contributed by atoms with Gasteiger partial charge < -0.3 is 10.4 Å². The first-order valence-corrected chi connectivity index (χ1v) is 11.6. The van der Waals surface area contributed by atoms with Crippen LogP contribution in [0.4, 0.5) is 0 Å². The molecular weight excluding hydrogens is 380 g/mol. The Labute approximate surface area is 185 Å². The molecule has 2 fully saturated rings. The third-order valence-electron chi connectivity index (χ3n) is 7.46. The maximum atomic E-state index is 10.3. The number of benzene rings is 3. The second kappa shape index (κ2) is 8.96. The molecule has 2 bridgehead atoms. The van der Waals surface area contributed by atoms with Gasteiger partial charge in [-0.3, -0.25) is 4.90 Å². The van der Waals surface area contributed by atoms with E-state index in [1.807, 2.05) is 0 Å². The molecule has 2 aliphatic heterocycles. The maximum absolute atomic E-state index is 10.3. The summed E-state index contributed by atoms with van der Waals surface area (Å²) in [6, 6.07) is 33.3. The molecular formula is C28H32N2O. The van der Waals surface area contributed by atoms with Crippen LogP contribution in [0.1, 0.15) is 36.0 Å². The molecule has 3 nitrogen and oxygen atoms in total. The SMILES string of the molecule is OCC1CC2(c3ccccc3)C(NCc3ccccc3)CCC1N2Cc1ccccc1. The standard InChI is InChI=1S/C28H32N2O/c31-21-24-18-28(25-14-8-3-9-15-25)27(29-19-22-10-4-1-5-11-22)17-16-26(24)30(28)20-23-12-6-2-7-13-23/h1-15,24,26-27,29,31H,16-21H2. The van der Waals surface area contributed by atoms with Gasteiger partial charge in [0.2, 0.25) is 0 Å². The van der Waals surface area contributed by atoms with Gasteiger partial charge >= 0.3 is 0 Å². The van der Waals surface area contributed by atoms with E-state index < -0.39 is 0 Å². The summed E-state index contributed by atoms with van der Waals surface area (Å²) in [6.07, 6.45) is 3.25. The Morgan fingerprint density at radius 2 is 1.42 bits per heavy atom. The van der Waals surface area contributed by atoms with E-state index in [2.05, 4.69) is 101 Å². The fourth-order valence-electron chi connectivity index (χ4n) is 6.06. The van der Waals surface area contributed by atoms with Crippen molar-refractivity contribution in [3.63, 3.8) is 0 Å². The van der Waals surface area contributed by atoms with E-state index >= 15 is 0 Å². The summed E-state index contributed by atoms with van der Waals surface area (Å²) in [4.78, 5) is 2.71. The van der Waals surface area contributed by atoms with Gasteiger partial charge in [-0.05, 0) is 41.9 Å². The lowest BCUT2D eigenvalue weighted by Gasteiger charge is -2.51. The van der Waals surface area contributed by atoms with Gasteiger partial charge in [-0.25, -0.2) is 0 Å². The molecule has 0 amide bonds. The Morgan fingerprint density at radius 3 is 2.06 bits per heavy atom. The van der Waals surface area contributed by atoms with Gasteiger partial charge in [-0.1, -0.05) is 91.0 Å². The minimum Gasteiger partial charge on any atom is -0.396 e. The molecule has 4 atom stereocenters. The minimum absolute atomic E-state index is 0.109. The summed E-state index contributed by atoms with van der Waals surface area (Å²) >= 11 is 0. The van der Waals surface area contributed by atoms with Gasteiger partial charge in [0.05, 0.1) is 5.54 Å². The van der Waals surface area contributed by atoms with Gasteiger partial charge in [0, 0.05) is 31.8 Å². The highest BCUT2D eigenvalue weighted by Crippen LogP contribution is 2.53. The third-order valence-corrected chi connectivity index (χ3v) is 7.46. The van der Waals surface area contributed by atoms with Gasteiger partial charge in [0.25, 0.3) is 0 Å². The van der Waals surface area contributed by atoms with E-state index in [0.29, 0.717) is 18.0 Å². The number of fused-ring (bicyclic) bond motifs is 2. The number of aliphatic hydroxyl groups is 1. The van der Waals surface area contributed by atoms with Crippen LogP contribution in [0.2, 0.25) is 0 Å². The molecule has 2 aliphatic rings. The monoisotopic (exact) mass is 412 g/mol. The van der Waals surface area contributed by atoms with E-state index in [4.69, 9.17) is 0 Å². The number of aliphatic hydroxyl groups excluding tert-OH is 1. The summed E-state index contributed by atoms with van der Waals surface area (Å²) in [5.41, 5.74) is 3.92. The highest BCUT2D eigenvalue weighted by atomic mass is 16.3. The van der Waals surface area contributed by atoms with Crippen molar-refractivity contribution in [1.29, 1.82) is 0 Å². The molecule has 4 unspecified atom stereocenters. The van der Waals surface area contributed by atoms with Crippen LogP contribution in [0.15, 0.2) is 91.0 Å². The van der Waals surface area contributed by atoms with Crippen molar-refractivity contribution >= 4 is 0 Å². The smallest absolute Gasteiger partial charge is 0.0624 e. The van der Waals surface area contributed by atoms with Crippen LogP contribution in [0, 0.1) is 5.92 Å². The van der Waals surface area contributed by atoms with Gasteiger partial charge in [0.1, 0.15) is 0 Å². The molecule has 5 rings (SSSR count). The lowest BCUT2D eigenvalue weighted by molar-refractivity contribution is 0.00651. The molecule has 31 heavy (non-hydrogen) atoms. The van der Waals surface area contributed by atoms with Crippen molar-refractivity contribution in [2.24, 2.45) is 5.92 Å². The molecule has 160 valence electrons. The Hall–Kier alpha value is -2.46. The van der Waals surface area contributed by atoms with E-state index in [1.54, 1.807) is 0 Å². The normalized spacial score (nSPS) is 28.0. The van der Waals surface area contributed by atoms with Crippen molar-refractivity contribution in [2.45, 2.75) is 50.0 Å². The average Bonchev–Trinajstić information content (AvgIpc) is 3.04. The molecule has 0 radical (unpaired) electrons. The lowest BCUT2D eigenvalue weighted by Crippen LogP contribution is -2.60. The minimum atomic E-state index is -0.109. The average molecular weight is 413 g/mol. The zero-order valence-electron chi connectivity index (χ0n) is 18.0. The van der Waals surface area contributed by atoms with Crippen LogP contribution in [0.25, 0.3) is 0 Å². The maximum Gasteiger partial charge on any atom is 0.0624 e. The predicted molar refractivity (Wildman–Crippen MR) is 125 cm³/mol. The molecule has 0 aromatic heterocycles. The molecule has 0 aliphatic carbocycles. The largest absolute Gasteiger partial charge is 0.396 e. The van der Waals surface area contributed by atoms with Crippen LogP contribution < -0.4 is 5.32 Å². The van der Waals surface area contributed by atoms with E-state index in [9.17, 15) is 5.11 Å². The van der Waals surface area contributed by atoms with Crippen molar-refractivity contribution in [2.75, 3.05) is 6.61 Å². The van der Waals surface area contributed by atoms with E-state index in [-0.39, 0.29) is 12.1 Å². The fourth-order valence-corrected chi connectivity index (χ4v) is 6.06. The summed E-state index contributed by atoms with van der Waals surface area (Å²) in [6.45, 7) is 2.05. The molecule has 2 saturated heterocycles. The first-order chi connectivity index (χ1) is 15.3. The van der Waals surface area contributed by atoms with Crippen LogP contribution in [0.3, 0.4) is 0 Å². The predicted octanol–water partition coefficient (Wildman–Crippen LogP) is 4.72. The summed E-state index contributed by atoms with van der Waals surface area (Å²) in [5, 5.41) is 14.2. The van der Waals surface area contributed by atoms with Crippen LogP contribution in [-0.2, 0) is 18.6 Å². The van der Waals surface area contributed by atoms with Crippen molar-refractivity contribution in [1.82, 2.24) is 10.2 Å². The lowest BCUT2D eigenvalue weighted by atomic mass is 9.76. The second-order valence-corrected chi connectivity index (χ2v) is 9.11. The highest BCUT2D eigenvalue weighted by molar-refractivity contribution is 5.33. The van der Waals surface area contributed by atoms with Crippen molar-refractivity contribution in [3.05, 3.63) is 108 Å².